The zero-order chi connectivity index (χ0) is 18.0. The Hall–Kier alpha value is -1.76. The second-order valence-electron chi connectivity index (χ2n) is 6.23. The van der Waals surface area contributed by atoms with Crippen LogP contribution in [-0.4, -0.2) is 32.4 Å². The number of morpholine rings is 1. The van der Waals surface area contributed by atoms with Crippen LogP contribution in [0.4, 0.5) is 4.39 Å². The lowest BCUT2D eigenvalue weighted by molar-refractivity contribution is -0.00257. The molecule has 0 aromatic heterocycles. The van der Waals surface area contributed by atoms with Gasteiger partial charge in [0.05, 0.1) is 17.6 Å². The minimum Gasteiger partial charge on any atom is -0.371 e. The lowest BCUT2D eigenvalue weighted by Gasteiger charge is -2.32. The molecule has 0 N–H and O–H groups in total. The zero-order valence-electron chi connectivity index (χ0n) is 14.4. The van der Waals surface area contributed by atoms with Crippen LogP contribution in [0.5, 0.6) is 0 Å². The van der Waals surface area contributed by atoms with E-state index in [0.29, 0.717) is 18.7 Å². The molecule has 1 saturated heterocycles. The first-order valence-corrected chi connectivity index (χ1v) is 9.82. The lowest BCUT2D eigenvalue weighted by Crippen LogP contribution is -2.42. The predicted octanol–water partition coefficient (Wildman–Crippen LogP) is 3.46. The van der Waals surface area contributed by atoms with Gasteiger partial charge in [-0.15, -0.1) is 0 Å². The number of rotatable bonds is 4. The maximum absolute atomic E-state index is 13.3. The van der Waals surface area contributed by atoms with Gasteiger partial charge in [-0.3, -0.25) is 0 Å². The van der Waals surface area contributed by atoms with E-state index < -0.39 is 15.8 Å². The fourth-order valence-corrected chi connectivity index (χ4v) is 4.69. The van der Waals surface area contributed by atoms with Crippen molar-refractivity contribution >= 4 is 10.0 Å². The van der Waals surface area contributed by atoms with E-state index in [1.807, 2.05) is 24.3 Å². The summed E-state index contributed by atoms with van der Waals surface area (Å²) in [6.07, 6.45) is 0.658. The number of sulfonamides is 1. The maximum atomic E-state index is 13.3. The highest BCUT2D eigenvalue weighted by Gasteiger charge is 2.32. The molecule has 2 aromatic rings. The van der Waals surface area contributed by atoms with Gasteiger partial charge in [0.2, 0.25) is 10.0 Å². The van der Waals surface area contributed by atoms with Crippen molar-refractivity contribution < 1.29 is 17.5 Å². The molecule has 0 bridgehead atoms. The van der Waals surface area contributed by atoms with E-state index in [9.17, 15) is 12.8 Å². The summed E-state index contributed by atoms with van der Waals surface area (Å²) in [5, 5.41) is 0. The van der Waals surface area contributed by atoms with Crippen LogP contribution in [-0.2, 0) is 21.2 Å². The van der Waals surface area contributed by atoms with Crippen molar-refractivity contribution in [1.29, 1.82) is 0 Å². The van der Waals surface area contributed by atoms with Gasteiger partial charge in [-0.1, -0.05) is 31.2 Å². The third-order valence-electron chi connectivity index (χ3n) is 4.54. The summed E-state index contributed by atoms with van der Waals surface area (Å²) >= 11 is 0. The Morgan fingerprint density at radius 3 is 2.56 bits per heavy atom. The fourth-order valence-electron chi connectivity index (χ4n) is 3.05. The molecule has 2 aromatic carbocycles. The third-order valence-corrected chi connectivity index (χ3v) is 6.57. The summed E-state index contributed by atoms with van der Waals surface area (Å²) in [5.41, 5.74) is 2.61. The Bertz CT molecular complexity index is 849. The molecular formula is C19H22FNO3S. The van der Waals surface area contributed by atoms with Gasteiger partial charge in [-0.25, -0.2) is 12.8 Å². The number of benzene rings is 2. The number of hydrogen-bond donors (Lipinski definition) is 0. The van der Waals surface area contributed by atoms with Crippen molar-refractivity contribution in [2.75, 3.05) is 19.7 Å². The second kappa shape index (κ2) is 7.23. The highest BCUT2D eigenvalue weighted by molar-refractivity contribution is 7.89. The van der Waals surface area contributed by atoms with Gasteiger partial charge in [-0.05, 0) is 48.2 Å². The van der Waals surface area contributed by atoms with Crippen molar-refractivity contribution in [3.05, 3.63) is 65.0 Å². The first kappa shape index (κ1) is 18.0. The summed E-state index contributed by atoms with van der Waals surface area (Å²) < 4.78 is 46.4. The summed E-state index contributed by atoms with van der Waals surface area (Å²) in [6.45, 7) is 4.58. The number of hydrogen-bond acceptors (Lipinski definition) is 3. The number of ether oxygens (including phenoxy) is 1. The van der Waals surface area contributed by atoms with E-state index in [0.717, 1.165) is 12.0 Å². The average Bonchev–Trinajstić information content (AvgIpc) is 2.61. The Balaban J connectivity index is 1.84. The van der Waals surface area contributed by atoms with Gasteiger partial charge in [0.25, 0.3) is 0 Å². The molecule has 1 unspecified atom stereocenters. The Morgan fingerprint density at radius 2 is 1.92 bits per heavy atom. The predicted molar refractivity (Wildman–Crippen MR) is 94.4 cm³/mol. The van der Waals surface area contributed by atoms with Crippen molar-refractivity contribution in [1.82, 2.24) is 4.31 Å². The Morgan fingerprint density at radius 1 is 1.20 bits per heavy atom. The molecule has 1 aliphatic rings. The van der Waals surface area contributed by atoms with Gasteiger partial charge >= 0.3 is 0 Å². The van der Waals surface area contributed by atoms with Crippen molar-refractivity contribution in [3.8, 4) is 0 Å². The van der Waals surface area contributed by atoms with E-state index in [4.69, 9.17) is 4.74 Å². The van der Waals surface area contributed by atoms with Crippen LogP contribution in [0.1, 0.15) is 29.7 Å². The molecule has 0 spiro atoms. The SMILES string of the molecule is CCc1ccc(C2CN(S(=O)(=O)c3ccc(F)cc3C)CCO2)cc1. The fraction of sp³-hybridized carbons (Fsp3) is 0.368. The van der Waals surface area contributed by atoms with Crippen LogP contribution in [0, 0.1) is 12.7 Å². The van der Waals surface area contributed by atoms with Gasteiger partial charge in [0.1, 0.15) is 5.82 Å². The molecule has 6 heteroatoms. The first-order valence-electron chi connectivity index (χ1n) is 8.38. The second-order valence-corrected chi connectivity index (χ2v) is 8.13. The summed E-state index contributed by atoms with van der Waals surface area (Å²) in [4.78, 5) is 0.149. The number of aryl methyl sites for hydroxylation is 2. The van der Waals surface area contributed by atoms with Crippen molar-refractivity contribution in [2.45, 2.75) is 31.3 Å². The Labute approximate surface area is 148 Å². The highest BCUT2D eigenvalue weighted by Crippen LogP contribution is 2.28. The minimum atomic E-state index is -3.68. The quantitative estimate of drug-likeness (QED) is 0.836. The van der Waals surface area contributed by atoms with E-state index in [1.165, 1.54) is 28.1 Å². The van der Waals surface area contributed by atoms with Crippen molar-refractivity contribution in [3.63, 3.8) is 0 Å². The molecule has 3 rings (SSSR count). The topological polar surface area (TPSA) is 46.6 Å². The molecule has 0 amide bonds. The molecule has 0 radical (unpaired) electrons. The monoisotopic (exact) mass is 363 g/mol. The van der Waals surface area contributed by atoms with Gasteiger partial charge in [0, 0.05) is 13.1 Å². The van der Waals surface area contributed by atoms with Crippen LogP contribution in [0.25, 0.3) is 0 Å². The molecule has 1 heterocycles. The van der Waals surface area contributed by atoms with E-state index in [1.54, 1.807) is 6.92 Å². The van der Waals surface area contributed by atoms with Crippen molar-refractivity contribution in [2.24, 2.45) is 0 Å². The largest absolute Gasteiger partial charge is 0.371 e. The molecule has 1 fully saturated rings. The molecular weight excluding hydrogens is 341 g/mol. The molecule has 0 saturated carbocycles. The van der Waals surface area contributed by atoms with Gasteiger partial charge in [0.15, 0.2) is 0 Å². The standard InChI is InChI=1S/C19H22FNO3S/c1-3-15-4-6-16(7-5-15)18-13-21(10-11-24-18)25(22,23)19-9-8-17(20)12-14(19)2/h4-9,12,18H,3,10-11,13H2,1-2H3. The zero-order valence-corrected chi connectivity index (χ0v) is 15.2. The molecule has 4 nitrogen and oxygen atoms in total. The van der Waals surface area contributed by atoms with Crippen LogP contribution in [0.3, 0.4) is 0 Å². The molecule has 134 valence electrons. The van der Waals surface area contributed by atoms with Crippen LogP contribution in [0.15, 0.2) is 47.4 Å². The summed E-state index contributed by atoms with van der Waals surface area (Å²) in [6, 6.07) is 11.8. The minimum absolute atomic E-state index is 0.149. The van der Waals surface area contributed by atoms with Crippen LogP contribution >= 0.6 is 0 Å². The highest BCUT2D eigenvalue weighted by atomic mass is 32.2. The molecule has 1 aliphatic heterocycles. The average molecular weight is 363 g/mol. The van der Waals surface area contributed by atoms with Gasteiger partial charge < -0.3 is 4.74 Å². The van der Waals surface area contributed by atoms with Gasteiger partial charge in [-0.2, -0.15) is 4.31 Å². The van der Waals surface area contributed by atoms with Crippen LogP contribution in [0.2, 0.25) is 0 Å². The Kier molecular flexibility index (Phi) is 5.22. The molecule has 25 heavy (non-hydrogen) atoms. The number of halogens is 1. The normalized spacial score (nSPS) is 19.1. The lowest BCUT2D eigenvalue weighted by atomic mass is 10.1. The first-order chi connectivity index (χ1) is 11.9. The summed E-state index contributed by atoms with van der Waals surface area (Å²) in [7, 11) is -3.68. The van der Waals surface area contributed by atoms with E-state index in [-0.39, 0.29) is 17.5 Å². The molecule has 0 aliphatic carbocycles. The van der Waals surface area contributed by atoms with E-state index in [2.05, 4.69) is 6.92 Å². The number of nitrogens with zero attached hydrogens (tertiary/aromatic N) is 1. The van der Waals surface area contributed by atoms with Crippen LogP contribution < -0.4 is 0 Å². The maximum Gasteiger partial charge on any atom is 0.243 e. The van der Waals surface area contributed by atoms with E-state index >= 15 is 0 Å². The third kappa shape index (κ3) is 3.76. The smallest absolute Gasteiger partial charge is 0.243 e. The summed E-state index contributed by atoms with van der Waals surface area (Å²) in [5.74, 6) is -0.438. The molecule has 1 atom stereocenters.